The predicted octanol–water partition coefficient (Wildman–Crippen LogP) is 4.76. The Morgan fingerprint density at radius 1 is 0.974 bits per heavy atom. The van der Waals surface area contributed by atoms with Crippen molar-refractivity contribution < 1.29 is 17.9 Å². The van der Waals surface area contributed by atoms with Gasteiger partial charge in [-0.3, -0.25) is 9.10 Å². The number of hydrogen-bond acceptors (Lipinski definition) is 5. The standard InChI is InChI=1S/C29H30N4O4S/c1-21-9-8-12-26(17-21)33-22(2)18-24(23(33)3)19-30-31-29(34)20-32(25-10-6-5-7-11-25)38(35,36)28-15-13-27(37-4)14-16-28/h5-19H,20H2,1-4H3,(H,31,34)/b30-19-. The molecule has 0 unspecified atom stereocenters. The Morgan fingerprint density at radius 3 is 2.34 bits per heavy atom. The lowest BCUT2D eigenvalue weighted by Crippen LogP contribution is -2.39. The lowest BCUT2D eigenvalue weighted by atomic mass is 10.2. The third kappa shape index (κ3) is 5.78. The number of amides is 1. The van der Waals surface area contributed by atoms with Gasteiger partial charge in [0.05, 0.1) is 23.9 Å². The van der Waals surface area contributed by atoms with Gasteiger partial charge in [-0.25, -0.2) is 13.8 Å². The van der Waals surface area contributed by atoms with Gasteiger partial charge in [0.1, 0.15) is 12.3 Å². The number of ether oxygens (including phenoxy) is 1. The third-order valence-corrected chi connectivity index (χ3v) is 7.89. The number of hydrogen-bond donors (Lipinski definition) is 1. The first kappa shape index (κ1) is 26.7. The quantitative estimate of drug-likeness (QED) is 0.250. The van der Waals surface area contributed by atoms with Crippen molar-refractivity contribution in [2.45, 2.75) is 25.7 Å². The number of rotatable bonds is 9. The average molecular weight is 531 g/mol. The van der Waals surface area contributed by atoms with Gasteiger partial charge in [0, 0.05) is 22.6 Å². The van der Waals surface area contributed by atoms with Crippen LogP contribution >= 0.6 is 0 Å². The van der Waals surface area contributed by atoms with E-state index in [9.17, 15) is 13.2 Å². The Bertz CT molecular complexity index is 1560. The van der Waals surface area contributed by atoms with Crippen LogP contribution in [-0.2, 0) is 14.8 Å². The molecule has 0 atom stereocenters. The van der Waals surface area contributed by atoms with E-state index in [-0.39, 0.29) is 4.90 Å². The SMILES string of the molecule is COc1ccc(S(=O)(=O)N(CC(=O)N/N=C\c2cc(C)n(-c3cccc(C)c3)c2C)c2ccccc2)cc1. The van der Waals surface area contributed by atoms with E-state index >= 15 is 0 Å². The molecule has 0 aliphatic heterocycles. The van der Waals surface area contributed by atoms with Crippen LogP contribution in [0.1, 0.15) is 22.5 Å². The van der Waals surface area contributed by atoms with Crippen molar-refractivity contribution >= 4 is 27.8 Å². The molecule has 9 heteroatoms. The molecular formula is C29H30N4O4S. The van der Waals surface area contributed by atoms with Gasteiger partial charge in [0.25, 0.3) is 15.9 Å². The highest BCUT2D eigenvalue weighted by Crippen LogP contribution is 2.25. The van der Waals surface area contributed by atoms with Gasteiger partial charge in [0.15, 0.2) is 0 Å². The zero-order valence-corrected chi connectivity index (χ0v) is 22.6. The van der Waals surface area contributed by atoms with E-state index in [1.54, 1.807) is 48.7 Å². The lowest BCUT2D eigenvalue weighted by molar-refractivity contribution is -0.119. The van der Waals surface area contributed by atoms with Gasteiger partial charge >= 0.3 is 0 Å². The van der Waals surface area contributed by atoms with Crippen molar-refractivity contribution in [3.05, 3.63) is 107 Å². The summed E-state index contributed by atoms with van der Waals surface area (Å²) in [6.45, 7) is 5.59. The molecule has 1 aromatic heterocycles. The van der Waals surface area contributed by atoms with Gasteiger partial charge in [-0.15, -0.1) is 0 Å². The molecule has 0 spiro atoms. The summed E-state index contributed by atoms with van der Waals surface area (Å²) in [6.07, 6.45) is 1.57. The van der Waals surface area contributed by atoms with Crippen LogP contribution in [0.4, 0.5) is 5.69 Å². The number of carbonyl (C=O) groups excluding carboxylic acids is 1. The number of para-hydroxylation sites is 1. The van der Waals surface area contributed by atoms with Crippen LogP contribution in [-0.4, -0.2) is 38.8 Å². The molecule has 1 N–H and O–H groups in total. The smallest absolute Gasteiger partial charge is 0.264 e. The molecule has 0 aliphatic carbocycles. The largest absolute Gasteiger partial charge is 0.497 e. The van der Waals surface area contributed by atoms with Crippen LogP contribution in [0, 0.1) is 20.8 Å². The van der Waals surface area contributed by atoms with Crippen LogP contribution in [0.15, 0.2) is 94.9 Å². The zero-order valence-electron chi connectivity index (χ0n) is 21.8. The van der Waals surface area contributed by atoms with Crippen LogP contribution in [0.2, 0.25) is 0 Å². The number of methoxy groups -OCH3 is 1. The monoisotopic (exact) mass is 530 g/mol. The van der Waals surface area contributed by atoms with Crippen molar-refractivity contribution in [3.8, 4) is 11.4 Å². The van der Waals surface area contributed by atoms with E-state index < -0.39 is 22.5 Å². The summed E-state index contributed by atoms with van der Waals surface area (Å²) in [5.41, 5.74) is 7.89. The molecule has 0 radical (unpaired) electrons. The highest BCUT2D eigenvalue weighted by molar-refractivity contribution is 7.92. The van der Waals surface area contributed by atoms with E-state index in [0.717, 1.165) is 32.5 Å². The molecule has 1 amide bonds. The van der Waals surface area contributed by atoms with Gasteiger partial charge in [-0.05, 0) is 80.9 Å². The molecule has 3 aromatic carbocycles. The second-order valence-electron chi connectivity index (χ2n) is 8.82. The number of aryl methyl sites for hydroxylation is 2. The second kappa shape index (κ2) is 11.4. The highest BCUT2D eigenvalue weighted by atomic mass is 32.2. The van der Waals surface area contributed by atoms with Gasteiger partial charge in [0.2, 0.25) is 0 Å². The van der Waals surface area contributed by atoms with Crippen LogP contribution < -0.4 is 14.5 Å². The third-order valence-electron chi connectivity index (χ3n) is 6.10. The maximum absolute atomic E-state index is 13.5. The molecule has 0 aliphatic rings. The Labute approximate surface area is 223 Å². The molecular weight excluding hydrogens is 500 g/mol. The maximum atomic E-state index is 13.5. The number of carbonyl (C=O) groups is 1. The Balaban J connectivity index is 1.53. The van der Waals surface area contributed by atoms with Crippen molar-refractivity contribution in [1.82, 2.24) is 9.99 Å². The van der Waals surface area contributed by atoms with E-state index in [2.05, 4.69) is 21.2 Å². The van der Waals surface area contributed by atoms with Crippen molar-refractivity contribution in [3.63, 3.8) is 0 Å². The molecule has 4 rings (SSSR count). The summed E-state index contributed by atoms with van der Waals surface area (Å²) < 4.78 is 35.2. The molecule has 0 fully saturated rings. The number of nitrogens with one attached hydrogen (secondary N) is 1. The topological polar surface area (TPSA) is 93.0 Å². The highest BCUT2D eigenvalue weighted by Gasteiger charge is 2.27. The number of benzene rings is 3. The fourth-order valence-electron chi connectivity index (χ4n) is 4.21. The first-order valence-electron chi connectivity index (χ1n) is 12.0. The van der Waals surface area contributed by atoms with E-state index in [1.807, 2.05) is 45.0 Å². The first-order chi connectivity index (χ1) is 18.2. The fraction of sp³-hybridized carbons (Fsp3) is 0.172. The lowest BCUT2D eigenvalue weighted by Gasteiger charge is -2.23. The number of nitrogens with zero attached hydrogens (tertiary/aromatic N) is 3. The fourth-order valence-corrected chi connectivity index (χ4v) is 5.63. The second-order valence-corrected chi connectivity index (χ2v) is 10.7. The zero-order chi connectivity index (χ0) is 27.3. The summed E-state index contributed by atoms with van der Waals surface area (Å²) in [7, 11) is -2.53. The molecule has 4 aromatic rings. The van der Waals surface area contributed by atoms with E-state index in [4.69, 9.17) is 4.74 Å². The predicted molar refractivity (Wildman–Crippen MR) is 150 cm³/mol. The number of anilines is 1. The molecule has 0 bridgehead atoms. The summed E-state index contributed by atoms with van der Waals surface area (Å²) in [4.78, 5) is 12.9. The van der Waals surface area contributed by atoms with E-state index in [0.29, 0.717) is 11.4 Å². The summed E-state index contributed by atoms with van der Waals surface area (Å²) >= 11 is 0. The molecule has 8 nitrogen and oxygen atoms in total. The molecule has 1 heterocycles. The minimum Gasteiger partial charge on any atom is -0.497 e. The van der Waals surface area contributed by atoms with Crippen molar-refractivity contribution in [2.75, 3.05) is 18.0 Å². The van der Waals surface area contributed by atoms with Gasteiger partial charge in [-0.2, -0.15) is 5.10 Å². The van der Waals surface area contributed by atoms with Crippen LogP contribution in [0.25, 0.3) is 5.69 Å². The van der Waals surface area contributed by atoms with Crippen molar-refractivity contribution in [2.24, 2.45) is 5.10 Å². The number of aromatic nitrogens is 1. The molecule has 38 heavy (non-hydrogen) atoms. The minimum absolute atomic E-state index is 0.0436. The summed E-state index contributed by atoms with van der Waals surface area (Å²) in [5.74, 6) is -0.0428. The van der Waals surface area contributed by atoms with Gasteiger partial charge in [-0.1, -0.05) is 30.3 Å². The van der Waals surface area contributed by atoms with Crippen molar-refractivity contribution in [1.29, 1.82) is 0 Å². The minimum atomic E-state index is -4.03. The first-order valence-corrected chi connectivity index (χ1v) is 13.4. The molecule has 196 valence electrons. The summed E-state index contributed by atoms with van der Waals surface area (Å²) in [6, 6.07) is 24.7. The Kier molecular flexibility index (Phi) is 7.97. The van der Waals surface area contributed by atoms with Crippen LogP contribution in [0.3, 0.4) is 0 Å². The normalized spacial score (nSPS) is 11.5. The van der Waals surface area contributed by atoms with E-state index in [1.165, 1.54) is 19.2 Å². The Hall–Kier alpha value is -4.37. The summed E-state index contributed by atoms with van der Waals surface area (Å²) in [5, 5.41) is 4.12. The molecule has 0 saturated carbocycles. The van der Waals surface area contributed by atoms with Gasteiger partial charge < -0.3 is 9.30 Å². The number of hydrazone groups is 1. The maximum Gasteiger partial charge on any atom is 0.264 e. The number of sulfonamides is 1. The van der Waals surface area contributed by atoms with Crippen LogP contribution in [0.5, 0.6) is 5.75 Å². The average Bonchev–Trinajstić information content (AvgIpc) is 3.20. The molecule has 0 saturated heterocycles. The Morgan fingerprint density at radius 2 is 1.68 bits per heavy atom.